The molecule has 2 heterocycles. The lowest BCUT2D eigenvalue weighted by Gasteiger charge is -2.33. The number of hydrogen-bond donors (Lipinski definition) is 1. The van der Waals surface area contributed by atoms with Crippen LogP contribution in [0.2, 0.25) is 0 Å². The van der Waals surface area contributed by atoms with Crippen molar-refractivity contribution in [3.05, 3.63) is 24.3 Å². The molecule has 2 fully saturated rings. The van der Waals surface area contributed by atoms with Gasteiger partial charge in [-0.05, 0) is 45.0 Å². The standard InChI is InChI=1S/C18H26N2O4/c1-2-22-16-6-4-3-5-15(16)19-17(21)13-20-9-7-14(8-10-20)18-23-11-12-24-18/h3-6,14,18H,2,7-13H2,1H3,(H,19,21). The van der Waals surface area contributed by atoms with Gasteiger partial charge in [-0.25, -0.2) is 0 Å². The molecule has 0 unspecified atom stereocenters. The molecule has 6 nitrogen and oxygen atoms in total. The van der Waals surface area contributed by atoms with Gasteiger partial charge in [-0.15, -0.1) is 0 Å². The number of rotatable bonds is 6. The van der Waals surface area contributed by atoms with Crippen LogP contribution >= 0.6 is 0 Å². The molecule has 1 aromatic rings. The number of nitrogens with one attached hydrogen (secondary N) is 1. The monoisotopic (exact) mass is 334 g/mol. The van der Waals surface area contributed by atoms with Gasteiger partial charge in [-0.2, -0.15) is 0 Å². The number of amides is 1. The average Bonchev–Trinajstić information content (AvgIpc) is 3.12. The number of ether oxygens (including phenoxy) is 3. The smallest absolute Gasteiger partial charge is 0.238 e. The van der Waals surface area contributed by atoms with Crippen LogP contribution in [0.25, 0.3) is 0 Å². The quantitative estimate of drug-likeness (QED) is 0.863. The number of carbonyl (C=O) groups is 1. The van der Waals surface area contributed by atoms with Gasteiger partial charge in [-0.1, -0.05) is 12.1 Å². The highest BCUT2D eigenvalue weighted by Gasteiger charge is 2.30. The van der Waals surface area contributed by atoms with E-state index in [1.54, 1.807) is 0 Å². The zero-order chi connectivity index (χ0) is 16.8. The van der Waals surface area contributed by atoms with Gasteiger partial charge in [0.2, 0.25) is 5.91 Å². The summed E-state index contributed by atoms with van der Waals surface area (Å²) in [7, 11) is 0. The van der Waals surface area contributed by atoms with E-state index >= 15 is 0 Å². The van der Waals surface area contributed by atoms with Crippen LogP contribution in [-0.2, 0) is 14.3 Å². The molecule has 0 spiro atoms. The molecule has 2 aliphatic rings. The lowest BCUT2D eigenvalue weighted by atomic mass is 9.96. The maximum Gasteiger partial charge on any atom is 0.238 e. The first kappa shape index (κ1) is 17.2. The molecule has 3 rings (SSSR count). The molecular weight excluding hydrogens is 308 g/mol. The number of nitrogens with zero attached hydrogens (tertiary/aromatic N) is 1. The third-order valence-corrected chi connectivity index (χ3v) is 4.49. The summed E-state index contributed by atoms with van der Waals surface area (Å²) in [6, 6.07) is 7.53. The first-order valence-corrected chi connectivity index (χ1v) is 8.73. The summed E-state index contributed by atoms with van der Waals surface area (Å²) in [6.07, 6.45) is 1.97. The van der Waals surface area contributed by atoms with E-state index in [9.17, 15) is 4.79 Å². The van der Waals surface area contributed by atoms with Gasteiger partial charge in [0.25, 0.3) is 0 Å². The summed E-state index contributed by atoms with van der Waals surface area (Å²) in [6.45, 7) is 6.10. The molecule has 132 valence electrons. The average molecular weight is 334 g/mol. The summed E-state index contributed by atoms with van der Waals surface area (Å²) < 4.78 is 16.7. The molecule has 2 saturated heterocycles. The van der Waals surface area contributed by atoms with E-state index in [1.807, 2.05) is 31.2 Å². The molecular formula is C18H26N2O4. The van der Waals surface area contributed by atoms with Crippen LogP contribution in [0.15, 0.2) is 24.3 Å². The Morgan fingerprint density at radius 1 is 1.25 bits per heavy atom. The molecule has 2 aliphatic heterocycles. The zero-order valence-electron chi connectivity index (χ0n) is 14.2. The number of para-hydroxylation sites is 2. The van der Waals surface area contributed by atoms with Crippen LogP contribution in [0.1, 0.15) is 19.8 Å². The van der Waals surface area contributed by atoms with Gasteiger partial charge >= 0.3 is 0 Å². The van der Waals surface area contributed by atoms with Gasteiger partial charge in [0.05, 0.1) is 32.1 Å². The molecule has 0 bridgehead atoms. The molecule has 1 N–H and O–H groups in total. The van der Waals surface area contributed by atoms with E-state index in [2.05, 4.69) is 10.2 Å². The highest BCUT2D eigenvalue weighted by Crippen LogP contribution is 2.26. The summed E-state index contributed by atoms with van der Waals surface area (Å²) in [5, 5.41) is 2.95. The molecule has 0 radical (unpaired) electrons. The number of piperidine rings is 1. The van der Waals surface area contributed by atoms with Crippen LogP contribution < -0.4 is 10.1 Å². The molecule has 1 aromatic carbocycles. The first-order valence-electron chi connectivity index (χ1n) is 8.73. The molecule has 24 heavy (non-hydrogen) atoms. The minimum atomic E-state index is -0.0425. The van der Waals surface area contributed by atoms with Gasteiger partial charge < -0.3 is 19.5 Å². The van der Waals surface area contributed by atoms with Crippen molar-refractivity contribution in [3.8, 4) is 5.75 Å². The number of anilines is 1. The Hall–Kier alpha value is -1.63. The Kier molecular flexibility index (Phi) is 6.07. The Labute approximate surface area is 143 Å². The number of carbonyl (C=O) groups excluding carboxylic acids is 1. The Morgan fingerprint density at radius 2 is 1.96 bits per heavy atom. The van der Waals surface area contributed by atoms with Gasteiger partial charge in [-0.3, -0.25) is 9.69 Å². The Balaban J connectivity index is 1.46. The minimum Gasteiger partial charge on any atom is -0.492 e. The fourth-order valence-corrected chi connectivity index (χ4v) is 3.28. The van der Waals surface area contributed by atoms with Crippen molar-refractivity contribution in [1.29, 1.82) is 0 Å². The SMILES string of the molecule is CCOc1ccccc1NC(=O)CN1CCC(C2OCCO2)CC1. The van der Waals surface area contributed by atoms with Crippen LogP contribution in [0.5, 0.6) is 5.75 Å². The fourth-order valence-electron chi connectivity index (χ4n) is 3.28. The molecule has 0 atom stereocenters. The predicted octanol–water partition coefficient (Wildman–Crippen LogP) is 2.11. The third-order valence-electron chi connectivity index (χ3n) is 4.49. The van der Waals surface area contributed by atoms with E-state index in [0.717, 1.165) is 31.6 Å². The Morgan fingerprint density at radius 3 is 2.67 bits per heavy atom. The van der Waals surface area contributed by atoms with Crippen molar-refractivity contribution in [2.45, 2.75) is 26.1 Å². The van der Waals surface area contributed by atoms with E-state index < -0.39 is 0 Å². The second-order valence-electron chi connectivity index (χ2n) is 6.20. The molecule has 0 aromatic heterocycles. The molecule has 0 saturated carbocycles. The maximum absolute atomic E-state index is 12.3. The first-order chi connectivity index (χ1) is 11.8. The highest BCUT2D eigenvalue weighted by molar-refractivity contribution is 5.93. The van der Waals surface area contributed by atoms with Crippen LogP contribution in [-0.4, -0.2) is 56.6 Å². The van der Waals surface area contributed by atoms with Crippen LogP contribution in [0.4, 0.5) is 5.69 Å². The second-order valence-corrected chi connectivity index (χ2v) is 6.20. The second kappa shape index (κ2) is 8.46. The number of benzene rings is 1. The number of hydrogen-bond acceptors (Lipinski definition) is 5. The highest BCUT2D eigenvalue weighted by atomic mass is 16.7. The normalized spacial score (nSPS) is 20.2. The summed E-state index contributed by atoms with van der Waals surface area (Å²) >= 11 is 0. The zero-order valence-corrected chi connectivity index (χ0v) is 14.2. The summed E-state index contributed by atoms with van der Waals surface area (Å²) in [4.78, 5) is 14.5. The summed E-state index contributed by atoms with van der Waals surface area (Å²) in [5.41, 5.74) is 0.729. The molecule has 1 amide bonds. The van der Waals surface area contributed by atoms with Crippen molar-refractivity contribution in [2.75, 3.05) is 44.8 Å². The van der Waals surface area contributed by atoms with Crippen LogP contribution in [0.3, 0.4) is 0 Å². The minimum absolute atomic E-state index is 0.00558. The molecule has 0 aliphatic carbocycles. The number of likely N-dealkylation sites (tertiary alicyclic amines) is 1. The van der Waals surface area contributed by atoms with Crippen molar-refractivity contribution in [2.24, 2.45) is 5.92 Å². The van der Waals surface area contributed by atoms with E-state index in [4.69, 9.17) is 14.2 Å². The van der Waals surface area contributed by atoms with Gasteiger partial charge in [0, 0.05) is 5.92 Å². The topological polar surface area (TPSA) is 60.0 Å². The Bertz CT molecular complexity index is 538. The van der Waals surface area contributed by atoms with Crippen molar-refractivity contribution in [1.82, 2.24) is 4.90 Å². The lowest BCUT2D eigenvalue weighted by Crippen LogP contribution is -2.41. The summed E-state index contributed by atoms with van der Waals surface area (Å²) in [5.74, 6) is 1.15. The lowest BCUT2D eigenvalue weighted by molar-refractivity contribution is -0.119. The van der Waals surface area contributed by atoms with E-state index in [0.29, 0.717) is 38.0 Å². The predicted molar refractivity (Wildman–Crippen MR) is 91.1 cm³/mol. The van der Waals surface area contributed by atoms with Crippen molar-refractivity contribution in [3.63, 3.8) is 0 Å². The van der Waals surface area contributed by atoms with Crippen molar-refractivity contribution < 1.29 is 19.0 Å². The maximum atomic E-state index is 12.3. The largest absolute Gasteiger partial charge is 0.492 e. The third kappa shape index (κ3) is 4.47. The van der Waals surface area contributed by atoms with E-state index in [1.165, 1.54) is 0 Å². The fraction of sp³-hybridized carbons (Fsp3) is 0.611. The van der Waals surface area contributed by atoms with Crippen LogP contribution in [0, 0.1) is 5.92 Å². The van der Waals surface area contributed by atoms with Gasteiger partial charge in [0.1, 0.15) is 5.75 Å². The van der Waals surface area contributed by atoms with Crippen molar-refractivity contribution >= 4 is 11.6 Å². The van der Waals surface area contributed by atoms with Gasteiger partial charge in [0.15, 0.2) is 6.29 Å². The molecule has 6 heteroatoms. The van der Waals surface area contributed by atoms with E-state index in [-0.39, 0.29) is 12.2 Å².